The number of carbonyl (C=O) groups excluding carboxylic acids is 7. The number of esters is 4. The number of hydrazine groups is 1. The Bertz CT molecular complexity index is 4340. The Morgan fingerprint density at radius 2 is 0.979 bits per heavy atom. The fourth-order valence-corrected chi connectivity index (χ4v) is 10.3. The van der Waals surface area contributed by atoms with Crippen molar-refractivity contribution in [2.75, 3.05) is 67.1 Å². The summed E-state index contributed by atoms with van der Waals surface area (Å²) in [4.78, 5) is 103. The predicted molar refractivity (Wildman–Crippen MR) is 346 cm³/mol. The SMILES string of the molecule is CCOC(=O)CCC(=O)Nc1nc(C(=O)OC)c(O)c2ncc(Cc3ccc(F)cc3)cc12.COC(=O)c1cc(C(=O)NCCC2CCOCC2)c2cc(Cc3ccc(F)cc3)cnc2c1O.COC(=O)c1cc(C(=O)NN(C)C)c2cc(Cc3ccc(F)cc3)cnc2c1O. The van der Waals surface area contributed by atoms with Gasteiger partial charge in [-0.2, -0.15) is 0 Å². The molecule has 0 spiro atoms. The second-order valence-corrected chi connectivity index (χ2v) is 22.2. The van der Waals surface area contributed by atoms with Crippen molar-refractivity contribution in [3.05, 3.63) is 200 Å². The van der Waals surface area contributed by atoms with Gasteiger partial charge in [0.1, 0.15) is 50.9 Å². The number of nitrogens with zero attached hydrogens (tertiary/aromatic N) is 5. The summed E-state index contributed by atoms with van der Waals surface area (Å²) in [6.45, 7) is 3.84. The molecule has 23 nitrogen and oxygen atoms in total. The number of pyridine rings is 4. The second kappa shape index (κ2) is 33.1. The van der Waals surface area contributed by atoms with Crippen LogP contribution in [0.2, 0.25) is 0 Å². The van der Waals surface area contributed by atoms with Gasteiger partial charge in [0, 0.05) is 80.6 Å². The van der Waals surface area contributed by atoms with Crippen molar-refractivity contribution in [3.8, 4) is 17.2 Å². The summed E-state index contributed by atoms with van der Waals surface area (Å²) in [7, 11) is 6.83. The molecule has 0 radical (unpaired) electrons. The number of hydrogen-bond acceptors (Lipinski definition) is 20. The number of benzene rings is 5. The molecule has 6 N–H and O–H groups in total. The minimum atomic E-state index is -0.909. The normalized spacial score (nSPS) is 12.0. The first-order valence-electron chi connectivity index (χ1n) is 30.2. The Morgan fingerprint density at radius 3 is 1.41 bits per heavy atom. The van der Waals surface area contributed by atoms with E-state index >= 15 is 0 Å². The van der Waals surface area contributed by atoms with Crippen molar-refractivity contribution >= 4 is 80.1 Å². The molecule has 3 amide bonds. The maximum absolute atomic E-state index is 13.2. The molecule has 0 atom stereocenters. The zero-order valence-corrected chi connectivity index (χ0v) is 53.2. The Kier molecular flexibility index (Phi) is 24.4. The van der Waals surface area contributed by atoms with Crippen molar-refractivity contribution in [1.82, 2.24) is 35.7 Å². The number of rotatable bonds is 20. The molecule has 4 aromatic heterocycles. The predicted octanol–water partition coefficient (Wildman–Crippen LogP) is 9.80. The van der Waals surface area contributed by atoms with Crippen LogP contribution in [0.1, 0.15) is 124 Å². The standard InChI is InChI=1S/C26H27FN2O5.C23H22FN3O6.C21H20FN3O4/c1-33-26(32)22-14-21(25(31)28-9-6-16-7-10-34-11-8-16)20-13-18(15-29-23(20)24(22)30)12-17-2-4-19(27)5-3-17;1-3-33-18(29)9-8-17(28)26-22-16-11-14(10-13-4-6-15(24)7-5-13)12-25-19(16)21(30)20(27-22)23(31)32-2;1-25(2)24-20(27)16-10-17(21(28)29-3)19(26)18-15(16)9-13(11-23-18)8-12-4-6-14(22)7-5-12/h2-5,13-16,30H,6-12H2,1H3,(H,28,31);4-7,11-12,30H,3,8-10H2,1-2H3,(H,26,27,28);4-7,9-11,26H,8H2,1-3H3,(H,24,27). The third-order valence-corrected chi connectivity index (χ3v) is 15.1. The third kappa shape index (κ3) is 18.4. The van der Waals surface area contributed by atoms with Gasteiger partial charge in [-0.3, -0.25) is 39.6 Å². The van der Waals surface area contributed by atoms with Crippen LogP contribution < -0.4 is 16.1 Å². The van der Waals surface area contributed by atoms with E-state index in [9.17, 15) is 62.1 Å². The monoisotopic (exact) mass is 1320 g/mol. The number of amides is 3. The number of anilines is 1. The summed E-state index contributed by atoms with van der Waals surface area (Å²) in [5.74, 6) is -6.04. The lowest BCUT2D eigenvalue weighted by atomic mass is 9.96. The molecule has 1 aliphatic heterocycles. The van der Waals surface area contributed by atoms with Gasteiger partial charge < -0.3 is 49.6 Å². The molecule has 500 valence electrons. The molecular formula is C70H69F3N8O15. The fraction of sp³-hybridized carbons (Fsp3) is 0.271. The van der Waals surface area contributed by atoms with E-state index in [1.165, 1.54) is 74.0 Å². The molecule has 1 aliphatic rings. The average Bonchev–Trinajstić information content (AvgIpc) is 0.786. The number of aromatic nitrogens is 4. The van der Waals surface area contributed by atoms with Crippen LogP contribution in [-0.4, -0.2) is 144 Å². The quantitative estimate of drug-likeness (QED) is 0.0235. The Morgan fingerprint density at radius 1 is 0.552 bits per heavy atom. The van der Waals surface area contributed by atoms with Crippen LogP contribution in [0.5, 0.6) is 17.2 Å². The van der Waals surface area contributed by atoms with E-state index in [1.807, 2.05) is 0 Å². The lowest BCUT2D eigenvalue weighted by Crippen LogP contribution is -2.36. The largest absolute Gasteiger partial charge is 0.505 e. The van der Waals surface area contributed by atoms with Crippen molar-refractivity contribution in [3.63, 3.8) is 0 Å². The van der Waals surface area contributed by atoms with Gasteiger partial charge in [0.25, 0.3) is 11.8 Å². The number of ether oxygens (including phenoxy) is 5. The lowest BCUT2D eigenvalue weighted by molar-refractivity contribution is -0.144. The molecule has 1 saturated heterocycles. The molecule has 0 aliphatic carbocycles. The highest BCUT2D eigenvalue weighted by Crippen LogP contribution is 2.36. The van der Waals surface area contributed by atoms with Gasteiger partial charge in [-0.05, 0) is 151 Å². The average molecular weight is 1320 g/mol. The molecule has 1 fully saturated rings. The van der Waals surface area contributed by atoms with E-state index in [1.54, 1.807) is 88.0 Å². The van der Waals surface area contributed by atoms with Crippen LogP contribution in [0.25, 0.3) is 32.7 Å². The van der Waals surface area contributed by atoms with E-state index < -0.39 is 47.1 Å². The van der Waals surface area contributed by atoms with Crippen LogP contribution in [0.15, 0.2) is 122 Å². The topological polar surface area (TPSA) is 317 Å². The van der Waals surface area contributed by atoms with Gasteiger partial charge in [-0.1, -0.05) is 36.4 Å². The minimum Gasteiger partial charge on any atom is -0.505 e. The van der Waals surface area contributed by atoms with Gasteiger partial charge in [0.2, 0.25) is 5.91 Å². The molecule has 0 bridgehead atoms. The first kappa shape index (κ1) is 70.7. The van der Waals surface area contributed by atoms with Crippen molar-refractivity contribution in [2.24, 2.45) is 5.92 Å². The summed E-state index contributed by atoms with van der Waals surface area (Å²) in [6.07, 6.45) is 8.42. The summed E-state index contributed by atoms with van der Waals surface area (Å²) < 4.78 is 63.9. The van der Waals surface area contributed by atoms with E-state index in [2.05, 4.69) is 40.7 Å². The molecule has 5 aromatic carbocycles. The molecule has 10 rings (SSSR count). The smallest absolute Gasteiger partial charge is 0.360 e. The molecule has 96 heavy (non-hydrogen) atoms. The van der Waals surface area contributed by atoms with Gasteiger partial charge >= 0.3 is 23.9 Å². The maximum atomic E-state index is 13.2. The van der Waals surface area contributed by atoms with Crippen molar-refractivity contribution in [2.45, 2.75) is 58.3 Å². The number of carbonyl (C=O) groups is 7. The van der Waals surface area contributed by atoms with E-state index in [-0.39, 0.29) is 104 Å². The zero-order valence-electron chi connectivity index (χ0n) is 53.2. The molecule has 9 aromatic rings. The first-order chi connectivity index (χ1) is 46.1. The van der Waals surface area contributed by atoms with Gasteiger partial charge in [0.15, 0.2) is 22.9 Å². The Hall–Kier alpha value is -11.1. The van der Waals surface area contributed by atoms with Crippen molar-refractivity contribution < 1.29 is 85.7 Å². The van der Waals surface area contributed by atoms with Gasteiger partial charge in [-0.25, -0.2) is 37.5 Å². The fourth-order valence-electron chi connectivity index (χ4n) is 10.3. The minimum absolute atomic E-state index is 0.0227. The highest BCUT2D eigenvalue weighted by molar-refractivity contribution is 6.13. The number of fused-ring (bicyclic) bond motifs is 3. The molecule has 0 saturated carbocycles. The number of aromatic hydroxyl groups is 3. The van der Waals surface area contributed by atoms with Crippen LogP contribution in [-0.2, 0) is 52.5 Å². The summed E-state index contributed by atoms with van der Waals surface area (Å²) >= 11 is 0. The Labute approximate surface area is 548 Å². The van der Waals surface area contributed by atoms with Gasteiger partial charge in [0.05, 0.1) is 39.9 Å². The highest BCUT2D eigenvalue weighted by Gasteiger charge is 2.27. The molecular weight excluding hydrogens is 1250 g/mol. The van der Waals surface area contributed by atoms with Crippen LogP contribution in [0.4, 0.5) is 19.0 Å². The van der Waals surface area contributed by atoms with Gasteiger partial charge in [-0.15, -0.1) is 0 Å². The summed E-state index contributed by atoms with van der Waals surface area (Å²) in [6, 6.07) is 25.9. The number of halogens is 3. The van der Waals surface area contributed by atoms with E-state index in [0.29, 0.717) is 48.1 Å². The highest BCUT2D eigenvalue weighted by atomic mass is 19.1. The number of phenols is 2. The first-order valence-corrected chi connectivity index (χ1v) is 30.2. The number of phenolic OH excluding ortho intramolecular Hbond substituents is 2. The van der Waals surface area contributed by atoms with Crippen molar-refractivity contribution in [1.29, 1.82) is 0 Å². The zero-order chi connectivity index (χ0) is 69.2. The van der Waals surface area contributed by atoms with E-state index in [0.717, 1.165) is 67.4 Å². The van der Waals surface area contributed by atoms with Crippen LogP contribution in [0, 0.1) is 23.4 Å². The van der Waals surface area contributed by atoms with E-state index in [4.69, 9.17) is 18.9 Å². The van der Waals surface area contributed by atoms with Crippen LogP contribution >= 0.6 is 0 Å². The number of methoxy groups -OCH3 is 3. The number of hydrogen-bond donors (Lipinski definition) is 6. The maximum Gasteiger partial charge on any atom is 0.360 e. The summed E-state index contributed by atoms with van der Waals surface area (Å²) in [5.41, 5.74) is 7.41. The molecule has 5 heterocycles. The summed E-state index contributed by atoms with van der Waals surface area (Å²) in [5, 5.41) is 39.7. The third-order valence-electron chi connectivity index (χ3n) is 15.1. The second-order valence-electron chi connectivity index (χ2n) is 22.2. The van der Waals surface area contributed by atoms with Crippen LogP contribution in [0.3, 0.4) is 0 Å². The molecule has 0 unspecified atom stereocenters. The Balaban J connectivity index is 0.000000185. The molecule has 26 heteroatoms. The lowest BCUT2D eigenvalue weighted by Gasteiger charge is -2.22. The number of nitrogens with one attached hydrogen (secondary N) is 3.